The highest BCUT2D eigenvalue weighted by Gasteiger charge is 2.30. The Bertz CT molecular complexity index is 867. The normalized spacial score (nSPS) is 12.7. The summed E-state index contributed by atoms with van der Waals surface area (Å²) >= 11 is 12.7. The summed E-state index contributed by atoms with van der Waals surface area (Å²) in [7, 11) is 1.59. The largest absolute Gasteiger partial charge is 0.497 e. The minimum absolute atomic E-state index is 0.0176. The van der Waals surface area contributed by atoms with Gasteiger partial charge in [-0.1, -0.05) is 55.2 Å². The number of rotatable bonds is 10. The van der Waals surface area contributed by atoms with Crippen molar-refractivity contribution in [3.63, 3.8) is 0 Å². The molecule has 2 aromatic rings. The first kappa shape index (κ1) is 25.0. The van der Waals surface area contributed by atoms with E-state index in [9.17, 15) is 9.59 Å². The maximum absolute atomic E-state index is 13.4. The van der Waals surface area contributed by atoms with Crippen molar-refractivity contribution in [2.75, 3.05) is 7.11 Å². The van der Waals surface area contributed by atoms with Crippen LogP contribution in [0.4, 0.5) is 0 Å². The van der Waals surface area contributed by atoms with Crippen LogP contribution in [0.3, 0.4) is 0 Å². The number of methoxy groups -OCH3 is 1. The molecule has 2 amide bonds. The maximum Gasteiger partial charge on any atom is 0.243 e. The van der Waals surface area contributed by atoms with Crippen LogP contribution in [0.15, 0.2) is 42.5 Å². The van der Waals surface area contributed by atoms with Crippen molar-refractivity contribution >= 4 is 35.0 Å². The molecule has 31 heavy (non-hydrogen) atoms. The van der Waals surface area contributed by atoms with Gasteiger partial charge < -0.3 is 15.0 Å². The van der Waals surface area contributed by atoms with Crippen molar-refractivity contribution in [1.29, 1.82) is 0 Å². The molecule has 0 aliphatic rings. The number of nitrogens with one attached hydrogen (secondary N) is 1. The monoisotopic (exact) mass is 464 g/mol. The van der Waals surface area contributed by atoms with Crippen molar-refractivity contribution in [2.24, 2.45) is 0 Å². The van der Waals surface area contributed by atoms with E-state index in [2.05, 4.69) is 5.32 Å². The minimum Gasteiger partial charge on any atom is -0.497 e. The molecule has 2 atom stereocenters. The Balaban J connectivity index is 2.34. The van der Waals surface area contributed by atoms with Crippen LogP contribution in [0, 0.1) is 0 Å². The van der Waals surface area contributed by atoms with Crippen molar-refractivity contribution < 1.29 is 14.3 Å². The fraction of sp³-hybridized carbons (Fsp3) is 0.417. The molecule has 5 nitrogen and oxygen atoms in total. The lowest BCUT2D eigenvalue weighted by Crippen LogP contribution is -2.51. The number of hydrogen-bond acceptors (Lipinski definition) is 3. The third kappa shape index (κ3) is 6.88. The van der Waals surface area contributed by atoms with Crippen molar-refractivity contribution in [3.8, 4) is 5.75 Å². The van der Waals surface area contributed by atoms with E-state index in [1.165, 1.54) is 0 Å². The Morgan fingerprint density at radius 3 is 2.16 bits per heavy atom. The molecule has 0 spiro atoms. The Labute approximate surface area is 194 Å². The Kier molecular flexibility index (Phi) is 9.66. The smallest absolute Gasteiger partial charge is 0.243 e. The standard InChI is InChI=1S/C24H30Cl2N2O3/c1-5-16(3)27-24(30)22(6-2)28(15-19-20(25)8-7-9-21(19)26)23(29)14-17-10-12-18(31-4)13-11-17/h7-13,16,22H,5-6,14-15H2,1-4H3,(H,27,30)/t16-,22+/m1/s1. The molecule has 0 saturated carbocycles. The third-order valence-corrected chi connectivity index (χ3v) is 6.00. The summed E-state index contributed by atoms with van der Waals surface area (Å²) in [6.07, 6.45) is 1.43. The molecule has 1 N–H and O–H groups in total. The third-order valence-electron chi connectivity index (χ3n) is 5.29. The van der Waals surface area contributed by atoms with Crippen LogP contribution in [0.25, 0.3) is 0 Å². The lowest BCUT2D eigenvalue weighted by Gasteiger charge is -2.32. The van der Waals surface area contributed by atoms with Crippen LogP contribution in [0.2, 0.25) is 10.0 Å². The van der Waals surface area contributed by atoms with Gasteiger partial charge in [0, 0.05) is 28.2 Å². The average molecular weight is 465 g/mol. The predicted octanol–water partition coefficient (Wildman–Crippen LogP) is 5.27. The number of hydrogen-bond donors (Lipinski definition) is 1. The zero-order chi connectivity index (χ0) is 23.0. The summed E-state index contributed by atoms with van der Waals surface area (Å²) < 4.78 is 5.18. The van der Waals surface area contributed by atoms with Crippen molar-refractivity contribution in [3.05, 3.63) is 63.6 Å². The first-order chi connectivity index (χ1) is 14.8. The number of halogens is 2. The van der Waals surface area contributed by atoms with Crippen LogP contribution in [0.5, 0.6) is 5.75 Å². The van der Waals surface area contributed by atoms with Gasteiger partial charge in [0.05, 0.1) is 13.5 Å². The molecule has 0 bridgehead atoms. The highest BCUT2D eigenvalue weighted by atomic mass is 35.5. The van der Waals surface area contributed by atoms with Gasteiger partial charge in [0.2, 0.25) is 11.8 Å². The molecule has 0 aliphatic carbocycles. The van der Waals surface area contributed by atoms with E-state index in [-0.39, 0.29) is 30.8 Å². The van der Waals surface area contributed by atoms with E-state index in [0.717, 1.165) is 17.7 Å². The van der Waals surface area contributed by atoms with Crippen LogP contribution < -0.4 is 10.1 Å². The molecule has 0 aromatic heterocycles. The summed E-state index contributed by atoms with van der Waals surface area (Å²) in [5.41, 5.74) is 1.46. The van der Waals surface area contributed by atoms with E-state index >= 15 is 0 Å². The lowest BCUT2D eigenvalue weighted by atomic mass is 10.1. The summed E-state index contributed by atoms with van der Waals surface area (Å²) in [6, 6.07) is 11.9. The first-order valence-corrected chi connectivity index (χ1v) is 11.2. The first-order valence-electron chi connectivity index (χ1n) is 10.5. The lowest BCUT2D eigenvalue weighted by molar-refractivity contribution is -0.141. The van der Waals surface area contributed by atoms with Gasteiger partial charge in [-0.2, -0.15) is 0 Å². The van der Waals surface area contributed by atoms with Gasteiger partial charge in [-0.25, -0.2) is 0 Å². The van der Waals surface area contributed by atoms with E-state index < -0.39 is 6.04 Å². The predicted molar refractivity (Wildman–Crippen MR) is 126 cm³/mol. The number of carbonyl (C=O) groups is 2. The van der Waals surface area contributed by atoms with Gasteiger partial charge >= 0.3 is 0 Å². The van der Waals surface area contributed by atoms with Crippen LogP contribution in [-0.4, -0.2) is 35.9 Å². The molecule has 0 aliphatic heterocycles. The second-order valence-electron chi connectivity index (χ2n) is 7.49. The number of benzene rings is 2. The summed E-state index contributed by atoms with van der Waals surface area (Å²) in [4.78, 5) is 28.0. The molecule has 0 fully saturated rings. The molecule has 7 heteroatoms. The van der Waals surface area contributed by atoms with Gasteiger partial charge in [-0.3, -0.25) is 9.59 Å². The average Bonchev–Trinajstić information content (AvgIpc) is 2.75. The number of nitrogens with zero attached hydrogens (tertiary/aromatic N) is 1. The number of ether oxygens (including phenoxy) is 1. The highest BCUT2D eigenvalue weighted by molar-refractivity contribution is 6.36. The molecule has 0 unspecified atom stereocenters. The molecule has 2 rings (SSSR count). The molecule has 0 radical (unpaired) electrons. The summed E-state index contributed by atoms with van der Waals surface area (Å²) in [5.74, 6) is 0.366. The Hall–Kier alpha value is -2.24. The molecule has 168 valence electrons. The van der Waals surface area contributed by atoms with Crippen LogP contribution in [-0.2, 0) is 22.6 Å². The van der Waals surface area contributed by atoms with Gasteiger partial charge in [-0.15, -0.1) is 0 Å². The molecule has 2 aromatic carbocycles. The van der Waals surface area contributed by atoms with Crippen LogP contribution >= 0.6 is 23.2 Å². The fourth-order valence-electron chi connectivity index (χ4n) is 3.23. The summed E-state index contributed by atoms with van der Waals surface area (Å²) in [5, 5.41) is 3.92. The van der Waals surface area contributed by atoms with E-state index in [4.69, 9.17) is 27.9 Å². The zero-order valence-corrected chi connectivity index (χ0v) is 20.0. The molecular weight excluding hydrogens is 435 g/mol. The zero-order valence-electron chi connectivity index (χ0n) is 18.5. The Morgan fingerprint density at radius 1 is 1.03 bits per heavy atom. The Morgan fingerprint density at radius 2 is 1.65 bits per heavy atom. The molecule has 0 heterocycles. The molecular formula is C24H30Cl2N2O3. The fourth-order valence-corrected chi connectivity index (χ4v) is 3.75. The van der Waals surface area contributed by atoms with Crippen molar-refractivity contribution in [1.82, 2.24) is 10.2 Å². The second-order valence-corrected chi connectivity index (χ2v) is 8.30. The number of amides is 2. The van der Waals surface area contributed by atoms with Gasteiger partial charge in [-0.05, 0) is 49.6 Å². The quantitative estimate of drug-likeness (QED) is 0.520. The SMILES string of the molecule is CC[C@@H](C)NC(=O)[C@H](CC)N(Cc1c(Cl)cccc1Cl)C(=O)Cc1ccc(OC)cc1. The maximum atomic E-state index is 13.4. The molecule has 0 saturated heterocycles. The van der Waals surface area contributed by atoms with Gasteiger partial charge in [0.1, 0.15) is 11.8 Å². The number of carbonyl (C=O) groups excluding carboxylic acids is 2. The van der Waals surface area contributed by atoms with E-state index in [1.54, 1.807) is 30.2 Å². The van der Waals surface area contributed by atoms with Gasteiger partial charge in [0.15, 0.2) is 0 Å². The van der Waals surface area contributed by atoms with E-state index in [0.29, 0.717) is 22.0 Å². The summed E-state index contributed by atoms with van der Waals surface area (Å²) in [6.45, 7) is 5.99. The highest BCUT2D eigenvalue weighted by Crippen LogP contribution is 2.27. The van der Waals surface area contributed by atoms with Gasteiger partial charge in [0.25, 0.3) is 0 Å². The van der Waals surface area contributed by atoms with Crippen molar-refractivity contribution in [2.45, 2.75) is 58.7 Å². The van der Waals surface area contributed by atoms with E-state index in [1.807, 2.05) is 45.0 Å². The second kappa shape index (κ2) is 12.0. The topological polar surface area (TPSA) is 58.6 Å². The van der Waals surface area contributed by atoms with Crippen LogP contribution in [0.1, 0.15) is 44.7 Å². The minimum atomic E-state index is -0.632.